The Morgan fingerprint density at radius 3 is 2.44 bits per heavy atom. The van der Waals surface area contributed by atoms with Gasteiger partial charge in [-0.25, -0.2) is 0 Å². The summed E-state index contributed by atoms with van der Waals surface area (Å²) in [7, 11) is 0. The molecule has 0 radical (unpaired) electrons. The molecular formula is C30H27N3O3. The quantitative estimate of drug-likeness (QED) is 0.340. The molecule has 0 fully saturated rings. The van der Waals surface area contributed by atoms with Gasteiger partial charge in [0.05, 0.1) is 35.9 Å². The molecule has 0 spiro atoms. The number of H-pyrrole nitrogens is 1. The van der Waals surface area contributed by atoms with Crippen molar-refractivity contribution in [2.24, 2.45) is 0 Å². The lowest BCUT2D eigenvalue weighted by atomic mass is 10.0. The maximum absolute atomic E-state index is 13.3. The Labute approximate surface area is 210 Å². The van der Waals surface area contributed by atoms with Gasteiger partial charge >= 0.3 is 0 Å². The van der Waals surface area contributed by atoms with Gasteiger partial charge in [0.2, 0.25) is 0 Å². The third kappa shape index (κ3) is 5.93. The Morgan fingerprint density at radius 1 is 1.03 bits per heavy atom. The number of amides is 1. The number of hydrogen-bond acceptors (Lipinski definition) is 4. The predicted molar refractivity (Wildman–Crippen MR) is 140 cm³/mol. The number of aliphatic hydroxyl groups excluding tert-OH is 1. The molecule has 0 bridgehead atoms. The third-order valence-corrected chi connectivity index (χ3v) is 5.65. The van der Waals surface area contributed by atoms with Crippen molar-refractivity contribution in [3.8, 4) is 23.7 Å². The van der Waals surface area contributed by atoms with Crippen molar-refractivity contribution in [2.45, 2.75) is 32.4 Å². The molecule has 180 valence electrons. The molecule has 36 heavy (non-hydrogen) atoms. The maximum atomic E-state index is 13.3. The van der Waals surface area contributed by atoms with Crippen LogP contribution in [0.25, 0.3) is 10.9 Å². The first-order valence-corrected chi connectivity index (χ1v) is 11.8. The molecule has 3 aromatic carbocycles. The Morgan fingerprint density at radius 2 is 1.72 bits per heavy atom. The molecule has 0 saturated heterocycles. The number of hydrogen-bond donors (Lipinski definition) is 3. The largest absolute Gasteiger partial charge is 0.490 e. The van der Waals surface area contributed by atoms with E-state index in [4.69, 9.17) is 10.00 Å². The predicted octanol–water partition coefficient (Wildman–Crippen LogP) is 4.56. The Kier molecular flexibility index (Phi) is 7.70. The molecule has 0 aliphatic carbocycles. The van der Waals surface area contributed by atoms with Crippen LogP contribution in [0, 0.1) is 23.2 Å². The van der Waals surface area contributed by atoms with Crippen molar-refractivity contribution < 1.29 is 14.6 Å². The number of aromatic nitrogens is 1. The normalized spacial score (nSPS) is 11.4. The number of ether oxygens (including phenoxy) is 1. The van der Waals surface area contributed by atoms with E-state index in [-0.39, 0.29) is 18.6 Å². The highest BCUT2D eigenvalue weighted by atomic mass is 16.5. The summed E-state index contributed by atoms with van der Waals surface area (Å²) in [4.78, 5) is 16.5. The number of aliphatic hydroxyl groups is 1. The van der Waals surface area contributed by atoms with Crippen molar-refractivity contribution >= 4 is 16.8 Å². The fourth-order valence-electron chi connectivity index (χ4n) is 3.90. The number of para-hydroxylation sites is 1. The standard InChI is InChI=1S/C30H27N3O3/c1-20(2)36-29-14-13-22(10-7-21-8-11-23(17-31)12-9-21)15-27(29)30(35)33-25(19-34)16-24-18-32-28-6-4-3-5-26(24)28/h3-6,8-9,11-15,18,20,25,32,34H,16,19H2,1-2H3,(H,33,35)/t25-/m1/s1. The van der Waals surface area contributed by atoms with E-state index in [2.05, 4.69) is 28.2 Å². The molecule has 1 amide bonds. The van der Waals surface area contributed by atoms with Crippen molar-refractivity contribution in [3.63, 3.8) is 0 Å². The maximum Gasteiger partial charge on any atom is 0.255 e. The van der Waals surface area contributed by atoms with Crippen molar-refractivity contribution in [2.75, 3.05) is 6.61 Å². The SMILES string of the molecule is CC(C)Oc1ccc(C#Cc2ccc(C#N)cc2)cc1C(=O)N[C@@H](CO)Cc1c[nH]c2ccccc12. The molecule has 6 nitrogen and oxygen atoms in total. The van der Waals surface area contributed by atoms with Gasteiger partial charge in [-0.2, -0.15) is 5.26 Å². The molecule has 0 aliphatic heterocycles. The first kappa shape index (κ1) is 24.6. The van der Waals surface area contributed by atoms with Crippen LogP contribution in [0.2, 0.25) is 0 Å². The number of fused-ring (bicyclic) bond motifs is 1. The lowest BCUT2D eigenvalue weighted by Crippen LogP contribution is -2.39. The highest BCUT2D eigenvalue weighted by Crippen LogP contribution is 2.23. The lowest BCUT2D eigenvalue weighted by molar-refractivity contribution is 0.0910. The van der Waals surface area contributed by atoms with Gasteiger partial charge in [0, 0.05) is 28.2 Å². The Hall–Kier alpha value is -4.52. The number of carbonyl (C=O) groups is 1. The van der Waals surface area contributed by atoms with E-state index < -0.39 is 6.04 Å². The second-order valence-electron chi connectivity index (χ2n) is 8.73. The Balaban J connectivity index is 1.57. The first-order valence-electron chi connectivity index (χ1n) is 11.8. The summed E-state index contributed by atoms with van der Waals surface area (Å²) in [6, 6.07) is 21.8. The topological polar surface area (TPSA) is 98.1 Å². The lowest BCUT2D eigenvalue weighted by Gasteiger charge is -2.19. The molecule has 4 aromatic rings. The van der Waals surface area contributed by atoms with E-state index in [1.54, 1.807) is 42.5 Å². The van der Waals surface area contributed by atoms with Crippen molar-refractivity contribution in [1.29, 1.82) is 5.26 Å². The van der Waals surface area contributed by atoms with Crippen LogP contribution in [0.4, 0.5) is 0 Å². The number of carbonyl (C=O) groups excluding carboxylic acids is 1. The van der Waals surface area contributed by atoms with Gasteiger partial charge in [0.1, 0.15) is 5.75 Å². The van der Waals surface area contributed by atoms with Gasteiger partial charge in [-0.05, 0) is 74.4 Å². The number of aromatic amines is 1. The van der Waals surface area contributed by atoms with Crippen molar-refractivity contribution in [1.82, 2.24) is 10.3 Å². The van der Waals surface area contributed by atoms with Crippen molar-refractivity contribution in [3.05, 3.63) is 101 Å². The average Bonchev–Trinajstić information content (AvgIpc) is 3.30. The fraction of sp³-hybridized carbons (Fsp3) is 0.200. The minimum Gasteiger partial charge on any atom is -0.490 e. The fourth-order valence-corrected chi connectivity index (χ4v) is 3.90. The molecule has 0 aliphatic rings. The van der Waals surface area contributed by atoms with Gasteiger partial charge in [-0.3, -0.25) is 4.79 Å². The molecule has 0 unspecified atom stereocenters. The minimum absolute atomic E-state index is 0.119. The third-order valence-electron chi connectivity index (χ3n) is 5.65. The highest BCUT2D eigenvalue weighted by molar-refractivity contribution is 5.97. The zero-order valence-corrected chi connectivity index (χ0v) is 20.2. The number of rotatable bonds is 7. The zero-order chi connectivity index (χ0) is 25.5. The monoisotopic (exact) mass is 477 g/mol. The van der Waals surface area contributed by atoms with E-state index in [0.29, 0.717) is 28.9 Å². The molecule has 1 atom stereocenters. The molecular weight excluding hydrogens is 450 g/mol. The first-order chi connectivity index (χ1) is 17.5. The van der Waals surface area contributed by atoms with Gasteiger partial charge in [0.15, 0.2) is 0 Å². The molecule has 1 heterocycles. The molecule has 0 saturated carbocycles. The van der Waals surface area contributed by atoms with Crippen LogP contribution in [0.1, 0.15) is 46.5 Å². The smallest absolute Gasteiger partial charge is 0.255 e. The zero-order valence-electron chi connectivity index (χ0n) is 20.2. The number of nitrogens with zero attached hydrogens (tertiary/aromatic N) is 1. The molecule has 1 aromatic heterocycles. The molecule has 6 heteroatoms. The number of nitrogens with one attached hydrogen (secondary N) is 2. The summed E-state index contributed by atoms with van der Waals surface area (Å²) in [6.07, 6.45) is 2.27. The summed E-state index contributed by atoms with van der Waals surface area (Å²) >= 11 is 0. The van der Waals surface area contributed by atoms with Gasteiger partial charge in [-0.1, -0.05) is 30.0 Å². The second-order valence-corrected chi connectivity index (χ2v) is 8.73. The van der Waals surface area contributed by atoms with Crippen LogP contribution in [0.15, 0.2) is 72.9 Å². The van der Waals surface area contributed by atoms with Crippen LogP contribution in [-0.4, -0.2) is 34.8 Å². The van der Waals surface area contributed by atoms with Gasteiger partial charge in [0.25, 0.3) is 5.91 Å². The summed E-state index contributed by atoms with van der Waals surface area (Å²) in [5, 5.41) is 23.0. The van der Waals surface area contributed by atoms with E-state index in [9.17, 15) is 9.90 Å². The van der Waals surface area contributed by atoms with Crippen LogP contribution in [0.3, 0.4) is 0 Å². The van der Waals surface area contributed by atoms with Crippen LogP contribution in [-0.2, 0) is 6.42 Å². The van der Waals surface area contributed by atoms with E-state index in [1.165, 1.54) is 0 Å². The highest BCUT2D eigenvalue weighted by Gasteiger charge is 2.19. The Bertz CT molecular complexity index is 1470. The summed E-state index contributed by atoms with van der Waals surface area (Å²) in [5.41, 5.74) is 4.37. The van der Waals surface area contributed by atoms with Crippen LogP contribution < -0.4 is 10.1 Å². The van der Waals surface area contributed by atoms with Gasteiger partial charge < -0.3 is 20.1 Å². The minimum atomic E-state index is -0.475. The van der Waals surface area contributed by atoms with E-state index in [0.717, 1.165) is 22.0 Å². The second kappa shape index (κ2) is 11.3. The number of benzene rings is 3. The molecule has 4 rings (SSSR count). The van der Waals surface area contributed by atoms with Gasteiger partial charge in [-0.15, -0.1) is 0 Å². The summed E-state index contributed by atoms with van der Waals surface area (Å²) in [5.74, 6) is 6.25. The van der Waals surface area contributed by atoms with Crippen LogP contribution in [0.5, 0.6) is 5.75 Å². The van der Waals surface area contributed by atoms with E-state index >= 15 is 0 Å². The van der Waals surface area contributed by atoms with Crippen LogP contribution >= 0.6 is 0 Å². The van der Waals surface area contributed by atoms with E-state index in [1.807, 2.05) is 44.3 Å². The molecule has 3 N–H and O–H groups in total. The number of nitriles is 1. The summed E-state index contributed by atoms with van der Waals surface area (Å²) in [6.45, 7) is 3.59. The average molecular weight is 478 g/mol. The summed E-state index contributed by atoms with van der Waals surface area (Å²) < 4.78 is 5.88.